The van der Waals surface area contributed by atoms with E-state index in [2.05, 4.69) is 15.5 Å². The molecule has 1 atom stereocenters. The molecule has 3 N–H and O–H groups in total. The highest BCUT2D eigenvalue weighted by Crippen LogP contribution is 2.10. The molecule has 0 aliphatic heterocycles. The molecular weight excluding hydrogens is 184 g/mol. The Balaban J connectivity index is 2.61. The number of primary amides is 1. The van der Waals surface area contributed by atoms with Gasteiger partial charge in [0.2, 0.25) is 5.89 Å². The summed E-state index contributed by atoms with van der Waals surface area (Å²) in [7, 11) is 0. The standard InChI is InChI=1S/C8H14N4O2/c1-3-10-4-5(2)8-11-7(6(9)13)12-14-8/h5,10H,3-4H2,1-2H3,(H2,9,13). The summed E-state index contributed by atoms with van der Waals surface area (Å²) in [5.74, 6) is -0.228. The lowest BCUT2D eigenvalue weighted by Crippen LogP contribution is -2.19. The van der Waals surface area contributed by atoms with Crippen molar-refractivity contribution < 1.29 is 9.32 Å². The van der Waals surface area contributed by atoms with Crippen molar-refractivity contribution in [2.75, 3.05) is 13.1 Å². The van der Waals surface area contributed by atoms with Crippen molar-refractivity contribution >= 4 is 5.91 Å². The van der Waals surface area contributed by atoms with E-state index in [4.69, 9.17) is 10.3 Å². The molecule has 0 fully saturated rings. The molecule has 0 radical (unpaired) electrons. The molecule has 6 heteroatoms. The predicted octanol–water partition coefficient (Wildman–Crippen LogP) is -0.118. The molecule has 6 nitrogen and oxygen atoms in total. The zero-order valence-corrected chi connectivity index (χ0v) is 8.28. The fourth-order valence-electron chi connectivity index (χ4n) is 0.984. The first-order valence-corrected chi connectivity index (χ1v) is 4.49. The summed E-state index contributed by atoms with van der Waals surface area (Å²) in [5.41, 5.74) is 4.99. The van der Waals surface area contributed by atoms with Crippen molar-refractivity contribution in [2.45, 2.75) is 19.8 Å². The van der Waals surface area contributed by atoms with Gasteiger partial charge < -0.3 is 15.6 Å². The zero-order chi connectivity index (χ0) is 10.6. The molecule has 1 aromatic heterocycles. The van der Waals surface area contributed by atoms with E-state index < -0.39 is 5.91 Å². The SMILES string of the molecule is CCNCC(C)c1nc(C(N)=O)no1. The topological polar surface area (TPSA) is 94.0 Å². The minimum Gasteiger partial charge on any atom is -0.363 e. The van der Waals surface area contributed by atoms with Crippen LogP contribution >= 0.6 is 0 Å². The molecule has 78 valence electrons. The number of likely N-dealkylation sites (N-methyl/N-ethyl adjacent to an activating group) is 1. The van der Waals surface area contributed by atoms with Crippen LogP contribution in [0.3, 0.4) is 0 Å². The number of carbonyl (C=O) groups is 1. The summed E-state index contributed by atoms with van der Waals surface area (Å²) in [6.45, 7) is 5.55. The maximum Gasteiger partial charge on any atom is 0.290 e. The Hall–Kier alpha value is -1.43. The Bertz CT molecular complexity index is 310. The van der Waals surface area contributed by atoms with Crippen LogP contribution in [0.5, 0.6) is 0 Å². The van der Waals surface area contributed by atoms with Gasteiger partial charge in [-0.25, -0.2) is 0 Å². The van der Waals surface area contributed by atoms with Crippen molar-refractivity contribution in [2.24, 2.45) is 5.73 Å². The lowest BCUT2D eigenvalue weighted by molar-refractivity contribution is 0.0987. The molecule has 0 aromatic carbocycles. The van der Waals surface area contributed by atoms with E-state index in [1.807, 2.05) is 13.8 Å². The van der Waals surface area contributed by atoms with E-state index >= 15 is 0 Å². The monoisotopic (exact) mass is 198 g/mol. The molecule has 0 saturated heterocycles. The molecule has 0 bridgehead atoms. The second-order valence-corrected chi connectivity index (χ2v) is 3.03. The molecule has 1 unspecified atom stereocenters. The minimum absolute atomic E-state index is 0.0663. The van der Waals surface area contributed by atoms with E-state index in [0.29, 0.717) is 5.89 Å². The fraction of sp³-hybridized carbons (Fsp3) is 0.625. The van der Waals surface area contributed by atoms with Gasteiger partial charge in [0.15, 0.2) is 0 Å². The maximum atomic E-state index is 10.7. The normalized spacial score (nSPS) is 12.7. The lowest BCUT2D eigenvalue weighted by atomic mass is 10.2. The minimum atomic E-state index is -0.671. The molecule has 1 aromatic rings. The maximum absolute atomic E-state index is 10.7. The van der Waals surface area contributed by atoms with Gasteiger partial charge >= 0.3 is 0 Å². The number of rotatable bonds is 5. The number of amides is 1. The molecule has 0 aliphatic carbocycles. The number of carbonyl (C=O) groups excluding carboxylic acids is 1. The van der Waals surface area contributed by atoms with Gasteiger partial charge in [-0.05, 0) is 6.54 Å². The first-order chi connectivity index (χ1) is 6.65. The highest BCUT2D eigenvalue weighted by Gasteiger charge is 2.15. The van der Waals surface area contributed by atoms with Gasteiger partial charge in [-0.15, -0.1) is 0 Å². The van der Waals surface area contributed by atoms with Crippen LogP contribution in [0, 0.1) is 0 Å². The van der Waals surface area contributed by atoms with Crippen LogP contribution < -0.4 is 11.1 Å². The van der Waals surface area contributed by atoms with Crippen LogP contribution in [0.1, 0.15) is 36.3 Å². The third-order valence-corrected chi connectivity index (χ3v) is 1.78. The van der Waals surface area contributed by atoms with E-state index in [-0.39, 0.29) is 11.7 Å². The summed E-state index contributed by atoms with van der Waals surface area (Å²) < 4.78 is 4.88. The largest absolute Gasteiger partial charge is 0.363 e. The Labute approximate surface area is 81.9 Å². The quantitative estimate of drug-likeness (QED) is 0.688. The van der Waals surface area contributed by atoms with E-state index in [0.717, 1.165) is 13.1 Å². The fourth-order valence-corrected chi connectivity index (χ4v) is 0.984. The molecule has 0 spiro atoms. The third kappa shape index (κ3) is 2.53. The van der Waals surface area contributed by atoms with Gasteiger partial charge in [0.25, 0.3) is 11.7 Å². The van der Waals surface area contributed by atoms with Crippen LogP contribution in [-0.2, 0) is 0 Å². The number of nitrogens with one attached hydrogen (secondary N) is 1. The van der Waals surface area contributed by atoms with Crippen molar-refractivity contribution in [3.63, 3.8) is 0 Å². The van der Waals surface area contributed by atoms with Crippen molar-refractivity contribution in [1.29, 1.82) is 0 Å². The Kier molecular flexibility index (Phi) is 3.58. The second-order valence-electron chi connectivity index (χ2n) is 3.03. The van der Waals surface area contributed by atoms with Gasteiger partial charge in [-0.3, -0.25) is 4.79 Å². The second kappa shape index (κ2) is 4.71. The summed E-state index contributed by atoms with van der Waals surface area (Å²) >= 11 is 0. The van der Waals surface area contributed by atoms with Crippen LogP contribution in [0.25, 0.3) is 0 Å². The lowest BCUT2D eigenvalue weighted by Gasteiger charge is -2.05. The first kappa shape index (κ1) is 10.6. The van der Waals surface area contributed by atoms with Gasteiger partial charge in [-0.1, -0.05) is 19.0 Å². The average molecular weight is 198 g/mol. The van der Waals surface area contributed by atoms with E-state index in [1.54, 1.807) is 0 Å². The van der Waals surface area contributed by atoms with Crippen molar-refractivity contribution in [3.8, 4) is 0 Å². The molecule has 0 saturated carbocycles. The predicted molar refractivity (Wildman–Crippen MR) is 49.8 cm³/mol. The number of hydrogen-bond acceptors (Lipinski definition) is 5. The molecule has 1 amide bonds. The number of aromatic nitrogens is 2. The van der Waals surface area contributed by atoms with Gasteiger partial charge in [0, 0.05) is 12.5 Å². The molecule has 0 aliphatic rings. The first-order valence-electron chi connectivity index (χ1n) is 4.49. The van der Waals surface area contributed by atoms with Gasteiger partial charge in [0.1, 0.15) is 0 Å². The van der Waals surface area contributed by atoms with Crippen molar-refractivity contribution in [1.82, 2.24) is 15.5 Å². The number of nitrogens with two attached hydrogens (primary N) is 1. The highest BCUT2D eigenvalue weighted by molar-refractivity contribution is 5.88. The average Bonchev–Trinajstić information content (AvgIpc) is 2.62. The van der Waals surface area contributed by atoms with Crippen molar-refractivity contribution in [3.05, 3.63) is 11.7 Å². The highest BCUT2D eigenvalue weighted by atomic mass is 16.5. The van der Waals surface area contributed by atoms with E-state index in [1.165, 1.54) is 0 Å². The van der Waals surface area contributed by atoms with E-state index in [9.17, 15) is 4.79 Å². The molecule has 1 rings (SSSR count). The van der Waals surface area contributed by atoms with Crippen LogP contribution in [0.15, 0.2) is 4.52 Å². The van der Waals surface area contributed by atoms with Crippen LogP contribution in [-0.4, -0.2) is 29.1 Å². The molecular formula is C8H14N4O2. The summed E-state index contributed by atoms with van der Waals surface area (Å²) in [5, 5.41) is 6.60. The number of hydrogen-bond donors (Lipinski definition) is 2. The Morgan fingerprint density at radius 3 is 2.93 bits per heavy atom. The summed E-state index contributed by atoms with van der Waals surface area (Å²) in [6.07, 6.45) is 0. The zero-order valence-electron chi connectivity index (χ0n) is 8.28. The van der Waals surface area contributed by atoms with Gasteiger partial charge in [-0.2, -0.15) is 4.98 Å². The third-order valence-electron chi connectivity index (χ3n) is 1.78. The Morgan fingerprint density at radius 1 is 1.71 bits per heavy atom. The Morgan fingerprint density at radius 2 is 2.43 bits per heavy atom. The van der Waals surface area contributed by atoms with Crippen LogP contribution in [0.4, 0.5) is 0 Å². The molecule has 1 heterocycles. The molecule has 14 heavy (non-hydrogen) atoms. The van der Waals surface area contributed by atoms with Gasteiger partial charge in [0.05, 0.1) is 0 Å². The smallest absolute Gasteiger partial charge is 0.290 e. The number of nitrogens with zero attached hydrogens (tertiary/aromatic N) is 2. The summed E-state index contributed by atoms with van der Waals surface area (Å²) in [6, 6.07) is 0. The summed E-state index contributed by atoms with van der Waals surface area (Å²) in [4.78, 5) is 14.5. The van der Waals surface area contributed by atoms with Crippen LogP contribution in [0.2, 0.25) is 0 Å².